The highest BCUT2D eigenvalue weighted by Gasteiger charge is 2.23. The summed E-state index contributed by atoms with van der Waals surface area (Å²) in [6.07, 6.45) is 6.93. The van der Waals surface area contributed by atoms with Gasteiger partial charge in [0, 0.05) is 37.5 Å². The van der Waals surface area contributed by atoms with E-state index in [0.29, 0.717) is 6.04 Å². The molecule has 1 atom stereocenters. The van der Waals surface area contributed by atoms with Crippen LogP contribution >= 0.6 is 0 Å². The van der Waals surface area contributed by atoms with Crippen LogP contribution in [0.2, 0.25) is 0 Å². The number of rotatable bonds is 5. The largest absolute Gasteiger partial charge is 0.478 e. The lowest BCUT2D eigenvalue weighted by atomic mass is 10.2. The number of pyridine rings is 1. The summed E-state index contributed by atoms with van der Waals surface area (Å²) in [6, 6.07) is 4.25. The predicted octanol–water partition coefficient (Wildman–Crippen LogP) is 1.71. The molecule has 1 aromatic heterocycles. The topological polar surface area (TPSA) is 56.7 Å². The molecule has 0 spiro atoms. The van der Waals surface area contributed by atoms with Crippen LogP contribution in [0.1, 0.15) is 18.4 Å². The molecule has 20 heavy (non-hydrogen) atoms. The maximum absolute atomic E-state index is 10.6. The highest BCUT2D eigenvalue weighted by molar-refractivity contribution is 5.86. The quantitative estimate of drug-likeness (QED) is 0.829. The highest BCUT2D eigenvalue weighted by atomic mass is 16.4. The van der Waals surface area contributed by atoms with E-state index >= 15 is 0 Å². The minimum Gasteiger partial charge on any atom is -0.478 e. The van der Waals surface area contributed by atoms with Gasteiger partial charge in [0.2, 0.25) is 0 Å². The first-order valence-corrected chi connectivity index (χ1v) is 6.85. The van der Waals surface area contributed by atoms with Gasteiger partial charge in [-0.2, -0.15) is 0 Å². The second-order valence-electron chi connectivity index (χ2n) is 5.24. The monoisotopic (exact) mass is 275 g/mol. The van der Waals surface area contributed by atoms with Crippen LogP contribution in [0, 0.1) is 0 Å². The molecular weight excluding hydrogens is 254 g/mol. The Kier molecular flexibility index (Phi) is 4.74. The van der Waals surface area contributed by atoms with Crippen molar-refractivity contribution in [1.82, 2.24) is 9.88 Å². The second-order valence-corrected chi connectivity index (χ2v) is 5.24. The van der Waals surface area contributed by atoms with Crippen molar-refractivity contribution >= 4 is 17.9 Å². The molecule has 1 fully saturated rings. The molecule has 5 nitrogen and oxygen atoms in total. The van der Waals surface area contributed by atoms with Crippen molar-refractivity contribution in [2.45, 2.75) is 18.9 Å². The van der Waals surface area contributed by atoms with Crippen LogP contribution in [0.5, 0.6) is 0 Å². The maximum Gasteiger partial charge on any atom is 0.328 e. The van der Waals surface area contributed by atoms with E-state index in [-0.39, 0.29) is 0 Å². The van der Waals surface area contributed by atoms with Crippen LogP contribution in [0.25, 0.3) is 6.08 Å². The number of aromatic nitrogens is 1. The van der Waals surface area contributed by atoms with E-state index < -0.39 is 5.97 Å². The van der Waals surface area contributed by atoms with Gasteiger partial charge in [-0.1, -0.05) is 0 Å². The van der Waals surface area contributed by atoms with Crippen molar-refractivity contribution in [3.63, 3.8) is 0 Å². The number of carboxylic acid groups (broad SMARTS) is 1. The zero-order valence-electron chi connectivity index (χ0n) is 12.0. The van der Waals surface area contributed by atoms with Gasteiger partial charge in [-0.25, -0.2) is 9.78 Å². The van der Waals surface area contributed by atoms with Gasteiger partial charge < -0.3 is 14.9 Å². The fraction of sp³-hybridized carbons (Fsp3) is 0.467. The third-order valence-corrected chi connectivity index (χ3v) is 3.74. The summed E-state index contributed by atoms with van der Waals surface area (Å²) >= 11 is 0. The van der Waals surface area contributed by atoms with Crippen molar-refractivity contribution in [1.29, 1.82) is 0 Å². The minimum atomic E-state index is -0.946. The van der Waals surface area contributed by atoms with Gasteiger partial charge in [0.05, 0.1) is 0 Å². The number of anilines is 1. The van der Waals surface area contributed by atoms with Crippen LogP contribution in [0.4, 0.5) is 5.82 Å². The molecule has 0 aliphatic carbocycles. The number of hydrogen-bond acceptors (Lipinski definition) is 4. The van der Waals surface area contributed by atoms with E-state index in [0.717, 1.165) is 30.5 Å². The molecule has 0 saturated carbocycles. The Balaban J connectivity index is 2.12. The molecule has 0 amide bonds. The van der Waals surface area contributed by atoms with E-state index in [1.54, 1.807) is 12.3 Å². The molecule has 1 aromatic rings. The fourth-order valence-electron chi connectivity index (χ4n) is 2.63. The fourth-order valence-corrected chi connectivity index (χ4v) is 2.63. The molecule has 0 radical (unpaired) electrons. The summed E-state index contributed by atoms with van der Waals surface area (Å²) in [5.41, 5.74) is 0.832. The molecule has 1 unspecified atom stereocenters. The number of likely N-dealkylation sites (N-methyl/N-ethyl adjacent to an activating group) is 2. The lowest BCUT2D eigenvalue weighted by Gasteiger charge is -2.27. The SMILES string of the molecule is CN(CC1CCCN1C)c1ncccc1/C=C/C(=O)O. The molecule has 108 valence electrons. The standard InChI is InChI=1S/C15H21N3O2/c1-17-10-4-6-13(17)11-18(2)15-12(5-3-9-16-15)7-8-14(19)20/h3,5,7-9,13H,4,6,10-11H2,1-2H3,(H,19,20)/b8-7+. The molecule has 2 rings (SSSR count). The van der Waals surface area contributed by atoms with E-state index in [2.05, 4.69) is 21.8 Å². The van der Waals surface area contributed by atoms with E-state index in [9.17, 15) is 4.79 Å². The van der Waals surface area contributed by atoms with Gasteiger partial charge in [-0.15, -0.1) is 0 Å². The van der Waals surface area contributed by atoms with Crippen molar-refractivity contribution in [2.75, 3.05) is 32.1 Å². The summed E-state index contributed by atoms with van der Waals surface area (Å²) in [7, 11) is 4.15. The molecule has 1 aliphatic heterocycles. The third kappa shape index (κ3) is 3.57. The Morgan fingerprint density at radius 3 is 3.10 bits per heavy atom. The van der Waals surface area contributed by atoms with E-state index in [1.165, 1.54) is 12.8 Å². The average Bonchev–Trinajstić information content (AvgIpc) is 2.82. The summed E-state index contributed by atoms with van der Waals surface area (Å²) in [5.74, 6) is -0.122. The summed E-state index contributed by atoms with van der Waals surface area (Å²) in [5, 5.41) is 8.74. The van der Waals surface area contributed by atoms with Crippen LogP contribution in [0.3, 0.4) is 0 Å². The Hall–Kier alpha value is -1.88. The van der Waals surface area contributed by atoms with E-state index in [1.807, 2.05) is 19.2 Å². The molecule has 2 heterocycles. The molecule has 1 aliphatic rings. The zero-order valence-corrected chi connectivity index (χ0v) is 12.0. The Labute approximate surface area is 119 Å². The second kappa shape index (κ2) is 6.52. The maximum atomic E-state index is 10.6. The van der Waals surface area contributed by atoms with Gasteiger partial charge in [-0.05, 0) is 44.6 Å². The van der Waals surface area contributed by atoms with Crippen molar-refractivity contribution in [3.8, 4) is 0 Å². The first-order chi connectivity index (χ1) is 9.58. The molecule has 1 N–H and O–H groups in total. The van der Waals surface area contributed by atoms with Gasteiger partial charge in [0.25, 0.3) is 0 Å². The number of hydrogen-bond donors (Lipinski definition) is 1. The lowest BCUT2D eigenvalue weighted by Crippen LogP contribution is -2.37. The molecule has 0 bridgehead atoms. The first-order valence-electron chi connectivity index (χ1n) is 6.85. The Morgan fingerprint density at radius 1 is 1.65 bits per heavy atom. The number of nitrogens with zero attached hydrogens (tertiary/aromatic N) is 3. The third-order valence-electron chi connectivity index (χ3n) is 3.74. The van der Waals surface area contributed by atoms with Crippen LogP contribution in [0.15, 0.2) is 24.4 Å². The van der Waals surface area contributed by atoms with Gasteiger partial charge in [-0.3, -0.25) is 0 Å². The van der Waals surface area contributed by atoms with Gasteiger partial charge in [0.15, 0.2) is 0 Å². The number of carboxylic acids is 1. The summed E-state index contributed by atoms with van der Waals surface area (Å²) < 4.78 is 0. The molecule has 5 heteroatoms. The first kappa shape index (κ1) is 14.5. The zero-order chi connectivity index (χ0) is 14.5. The predicted molar refractivity (Wildman–Crippen MR) is 79.8 cm³/mol. The highest BCUT2D eigenvalue weighted by Crippen LogP contribution is 2.21. The van der Waals surface area contributed by atoms with Crippen LogP contribution < -0.4 is 4.90 Å². The smallest absolute Gasteiger partial charge is 0.328 e. The molecule has 0 aromatic carbocycles. The Morgan fingerprint density at radius 2 is 2.45 bits per heavy atom. The van der Waals surface area contributed by atoms with Crippen LogP contribution in [-0.2, 0) is 4.79 Å². The number of carbonyl (C=O) groups is 1. The van der Waals surface area contributed by atoms with Crippen LogP contribution in [-0.4, -0.2) is 54.2 Å². The van der Waals surface area contributed by atoms with Crippen molar-refractivity contribution in [3.05, 3.63) is 30.0 Å². The molecule has 1 saturated heterocycles. The lowest BCUT2D eigenvalue weighted by molar-refractivity contribution is -0.131. The normalized spacial score (nSPS) is 19.6. The summed E-state index contributed by atoms with van der Waals surface area (Å²) in [6.45, 7) is 2.05. The van der Waals surface area contributed by atoms with Crippen molar-refractivity contribution < 1.29 is 9.90 Å². The number of likely N-dealkylation sites (tertiary alicyclic amines) is 1. The minimum absolute atomic E-state index is 0.540. The summed E-state index contributed by atoms with van der Waals surface area (Å²) in [4.78, 5) is 19.5. The van der Waals surface area contributed by atoms with Crippen molar-refractivity contribution in [2.24, 2.45) is 0 Å². The van der Waals surface area contributed by atoms with Gasteiger partial charge >= 0.3 is 5.97 Å². The Bertz CT molecular complexity index is 502. The van der Waals surface area contributed by atoms with Gasteiger partial charge in [0.1, 0.15) is 5.82 Å². The molecular formula is C15H21N3O2. The number of aliphatic carboxylic acids is 1. The average molecular weight is 275 g/mol. The van der Waals surface area contributed by atoms with E-state index in [4.69, 9.17) is 5.11 Å².